The molecular weight excluding hydrogens is 452 g/mol. The number of carbonyl (C=O) groups is 1. The van der Waals surface area contributed by atoms with Crippen LogP contribution in [0, 0.1) is 0 Å². The van der Waals surface area contributed by atoms with E-state index in [-0.39, 0.29) is 43.4 Å². The molecule has 0 radical (unpaired) electrons. The monoisotopic (exact) mass is 480 g/mol. The summed E-state index contributed by atoms with van der Waals surface area (Å²) in [5.74, 6) is -0.356. The first kappa shape index (κ1) is 24.5. The van der Waals surface area contributed by atoms with Gasteiger partial charge in [-0.25, -0.2) is 13.9 Å². The van der Waals surface area contributed by atoms with E-state index in [1.165, 1.54) is 5.56 Å². The molecule has 2 saturated heterocycles. The van der Waals surface area contributed by atoms with E-state index >= 15 is 0 Å². The topological polar surface area (TPSA) is 95.9 Å². The van der Waals surface area contributed by atoms with Crippen LogP contribution in [0.25, 0.3) is 0 Å². The molecule has 2 aromatic rings. The van der Waals surface area contributed by atoms with Gasteiger partial charge in [0.2, 0.25) is 0 Å². The van der Waals surface area contributed by atoms with Crippen LogP contribution in [-0.2, 0) is 19.4 Å². The van der Waals surface area contributed by atoms with E-state index in [4.69, 9.17) is 9.94 Å². The van der Waals surface area contributed by atoms with Crippen molar-refractivity contribution in [3.8, 4) is 0 Å². The predicted octanol–water partition coefficient (Wildman–Crippen LogP) is 3.32. The van der Waals surface area contributed by atoms with Crippen LogP contribution in [0.15, 0.2) is 59.5 Å². The van der Waals surface area contributed by atoms with Crippen LogP contribution >= 0.6 is 12.4 Å². The number of anilines is 1. The van der Waals surface area contributed by atoms with Crippen molar-refractivity contribution in [3.05, 3.63) is 60.2 Å². The Morgan fingerprint density at radius 1 is 1.00 bits per heavy atom. The molecular formula is C23H29ClN2O5S. The lowest BCUT2D eigenvalue weighted by atomic mass is 9.89. The molecule has 9 heteroatoms. The first-order valence-electron chi connectivity index (χ1n) is 10.6. The first-order chi connectivity index (χ1) is 15.0. The van der Waals surface area contributed by atoms with Crippen LogP contribution in [0.2, 0.25) is 0 Å². The molecule has 2 aromatic carbocycles. The normalized spacial score (nSPS) is 19.1. The van der Waals surface area contributed by atoms with Crippen LogP contribution in [0.5, 0.6) is 0 Å². The zero-order chi connectivity index (χ0) is 21.9. The maximum atomic E-state index is 13.4. The van der Waals surface area contributed by atoms with Crippen LogP contribution in [0.3, 0.4) is 0 Å². The maximum Gasteiger partial charge on any atom is 0.265 e. The van der Waals surface area contributed by atoms with Crippen LogP contribution in [0.1, 0.15) is 37.2 Å². The highest BCUT2D eigenvalue weighted by Gasteiger charge is 2.52. The zero-order valence-electron chi connectivity index (χ0n) is 17.8. The Kier molecular flexibility index (Phi) is 7.82. The number of nitrogens with one attached hydrogen (secondary N) is 1. The van der Waals surface area contributed by atoms with Gasteiger partial charge in [-0.15, -0.1) is 12.4 Å². The lowest BCUT2D eigenvalue weighted by molar-refractivity contribution is -0.134. The lowest BCUT2D eigenvalue weighted by Gasteiger charge is -2.35. The highest BCUT2D eigenvalue weighted by molar-refractivity contribution is 7.93. The summed E-state index contributed by atoms with van der Waals surface area (Å²) >= 11 is 0. The zero-order valence-corrected chi connectivity index (χ0v) is 19.4. The number of sulfone groups is 1. The first-order valence-corrected chi connectivity index (χ1v) is 12.1. The molecule has 2 aliphatic heterocycles. The minimum atomic E-state index is -4.00. The minimum absolute atomic E-state index is 0. The second-order valence-corrected chi connectivity index (χ2v) is 10.5. The van der Waals surface area contributed by atoms with Crippen LogP contribution in [0.4, 0.5) is 5.69 Å². The molecule has 0 spiro atoms. The van der Waals surface area contributed by atoms with Crippen molar-refractivity contribution < 1.29 is 23.2 Å². The van der Waals surface area contributed by atoms with E-state index in [1.807, 2.05) is 6.07 Å². The largest absolute Gasteiger partial charge is 0.381 e. The Labute approximate surface area is 195 Å². The molecule has 4 rings (SSSR count). The fourth-order valence-corrected chi connectivity index (χ4v) is 6.62. The third-order valence-corrected chi connectivity index (χ3v) is 9.12. The quantitative estimate of drug-likeness (QED) is 0.503. The Morgan fingerprint density at radius 3 is 2.16 bits per heavy atom. The number of halogens is 1. The SMILES string of the molecule is Cl.O=C(NO)C1(S(=O)(=O)c2ccc(N3CCC(c4ccccc4)CC3)cc2)CCOCC1. The highest BCUT2D eigenvalue weighted by atomic mass is 35.5. The molecule has 0 atom stereocenters. The number of piperidine rings is 1. The summed E-state index contributed by atoms with van der Waals surface area (Å²) in [6.45, 7) is 2.11. The highest BCUT2D eigenvalue weighted by Crippen LogP contribution is 2.36. The summed E-state index contributed by atoms with van der Waals surface area (Å²) in [4.78, 5) is 14.7. The number of amides is 1. The fourth-order valence-electron chi connectivity index (χ4n) is 4.68. The fraction of sp³-hybridized carbons (Fsp3) is 0.435. The summed E-state index contributed by atoms with van der Waals surface area (Å²) in [6, 6.07) is 17.3. The Bertz CT molecular complexity index is 1000. The standard InChI is InChI=1S/C23H28N2O5S.ClH/c26-22(24-27)23(12-16-30-17-13-23)31(28,29)21-8-6-20(7-9-21)25-14-10-19(11-15-25)18-4-2-1-3-5-18;/h1-9,19,27H,10-17H2,(H,24,26);1H. The van der Waals surface area contributed by atoms with Crippen molar-refractivity contribution in [2.24, 2.45) is 0 Å². The summed E-state index contributed by atoms with van der Waals surface area (Å²) in [5.41, 5.74) is 3.89. The second-order valence-electron chi connectivity index (χ2n) is 8.22. The Hall–Kier alpha value is -2.13. The third kappa shape index (κ3) is 4.50. The lowest BCUT2D eigenvalue weighted by Crippen LogP contribution is -2.54. The van der Waals surface area contributed by atoms with Gasteiger partial charge in [-0.2, -0.15) is 0 Å². The summed E-state index contributed by atoms with van der Waals surface area (Å²) in [7, 11) is -4.00. The van der Waals surface area contributed by atoms with Gasteiger partial charge in [0.25, 0.3) is 5.91 Å². The predicted molar refractivity (Wildman–Crippen MR) is 124 cm³/mol. The number of rotatable bonds is 5. The molecule has 2 fully saturated rings. The second kappa shape index (κ2) is 10.2. The van der Waals surface area contributed by atoms with Gasteiger partial charge in [-0.1, -0.05) is 30.3 Å². The van der Waals surface area contributed by atoms with Crippen molar-refractivity contribution in [2.45, 2.75) is 41.2 Å². The molecule has 7 nitrogen and oxygen atoms in total. The van der Waals surface area contributed by atoms with Gasteiger partial charge in [-0.3, -0.25) is 10.0 Å². The Balaban J connectivity index is 0.00000289. The van der Waals surface area contributed by atoms with Gasteiger partial charge in [0.05, 0.1) is 4.90 Å². The van der Waals surface area contributed by atoms with E-state index in [1.54, 1.807) is 29.7 Å². The van der Waals surface area contributed by atoms with Crippen molar-refractivity contribution >= 4 is 33.8 Å². The molecule has 0 saturated carbocycles. The van der Waals surface area contributed by atoms with Crippen molar-refractivity contribution in [2.75, 3.05) is 31.2 Å². The number of benzene rings is 2. The van der Waals surface area contributed by atoms with Gasteiger partial charge in [-0.05, 0) is 61.4 Å². The smallest absolute Gasteiger partial charge is 0.265 e. The third-order valence-electron chi connectivity index (χ3n) is 6.61. The minimum Gasteiger partial charge on any atom is -0.381 e. The Morgan fingerprint density at radius 2 is 1.59 bits per heavy atom. The van der Waals surface area contributed by atoms with Gasteiger partial charge < -0.3 is 9.64 Å². The van der Waals surface area contributed by atoms with Crippen molar-refractivity contribution in [1.29, 1.82) is 0 Å². The van der Waals surface area contributed by atoms with E-state index in [0.717, 1.165) is 31.6 Å². The van der Waals surface area contributed by atoms with Gasteiger partial charge >= 0.3 is 0 Å². The van der Waals surface area contributed by atoms with E-state index in [2.05, 4.69) is 29.2 Å². The average Bonchev–Trinajstić information content (AvgIpc) is 2.84. The van der Waals surface area contributed by atoms with Gasteiger partial charge in [0, 0.05) is 32.0 Å². The number of hydroxylamine groups is 1. The number of ether oxygens (including phenoxy) is 1. The molecule has 174 valence electrons. The number of carbonyl (C=O) groups excluding carboxylic acids is 1. The summed E-state index contributed by atoms with van der Waals surface area (Å²) in [6.07, 6.45) is 2.11. The molecule has 0 aromatic heterocycles. The van der Waals surface area contributed by atoms with Crippen LogP contribution in [-0.4, -0.2) is 50.6 Å². The van der Waals surface area contributed by atoms with E-state index < -0.39 is 20.5 Å². The molecule has 2 aliphatic rings. The molecule has 2 heterocycles. The number of hydrogen-bond donors (Lipinski definition) is 2. The molecule has 2 N–H and O–H groups in total. The molecule has 0 bridgehead atoms. The van der Waals surface area contributed by atoms with Gasteiger partial charge in [0.1, 0.15) is 0 Å². The molecule has 32 heavy (non-hydrogen) atoms. The average molecular weight is 481 g/mol. The van der Waals surface area contributed by atoms with Gasteiger partial charge in [0.15, 0.2) is 14.6 Å². The molecule has 1 amide bonds. The number of hydrogen-bond acceptors (Lipinski definition) is 6. The van der Waals surface area contributed by atoms with Crippen LogP contribution < -0.4 is 10.4 Å². The summed E-state index contributed by atoms with van der Waals surface area (Å²) < 4.78 is 30.3. The number of nitrogens with zero attached hydrogens (tertiary/aromatic N) is 1. The van der Waals surface area contributed by atoms with E-state index in [9.17, 15) is 13.2 Å². The summed E-state index contributed by atoms with van der Waals surface area (Å²) in [5, 5.41) is 9.17. The molecule has 0 aliphatic carbocycles. The maximum absolute atomic E-state index is 13.4. The molecule has 0 unspecified atom stereocenters. The van der Waals surface area contributed by atoms with Crippen molar-refractivity contribution in [3.63, 3.8) is 0 Å². The van der Waals surface area contributed by atoms with Crippen molar-refractivity contribution in [1.82, 2.24) is 5.48 Å². The van der Waals surface area contributed by atoms with E-state index in [0.29, 0.717) is 5.92 Å².